The van der Waals surface area contributed by atoms with Gasteiger partial charge in [0.1, 0.15) is 6.61 Å². The molecule has 0 spiro atoms. The number of hydrogen-bond donors (Lipinski definition) is 1. The predicted molar refractivity (Wildman–Crippen MR) is 79.1 cm³/mol. The molecule has 0 aromatic heterocycles. The van der Waals surface area contributed by atoms with Crippen LogP contribution in [0.3, 0.4) is 0 Å². The van der Waals surface area contributed by atoms with Crippen LogP contribution in [0.25, 0.3) is 0 Å². The summed E-state index contributed by atoms with van der Waals surface area (Å²) in [5.41, 5.74) is 2.72. The molecule has 2 rings (SSSR count). The molecule has 98 valence electrons. The van der Waals surface area contributed by atoms with E-state index in [-0.39, 0.29) is 6.61 Å². The molecular weight excluding hydrogens is 306 g/mol. The number of nitrogens with one attached hydrogen (secondary N) is 1. The molecule has 2 aromatic carbocycles. The first kappa shape index (κ1) is 13.6. The number of aryl methyl sites for hydroxylation is 1. The fourth-order valence-corrected chi connectivity index (χ4v) is 1.98. The molecule has 0 aliphatic rings. The van der Waals surface area contributed by atoms with E-state index in [1.54, 1.807) is 0 Å². The van der Waals surface area contributed by atoms with Crippen molar-refractivity contribution in [1.82, 2.24) is 0 Å². The van der Waals surface area contributed by atoms with Crippen LogP contribution < -0.4 is 5.32 Å². The van der Waals surface area contributed by atoms with E-state index in [0.717, 1.165) is 15.6 Å². The lowest BCUT2D eigenvalue weighted by Crippen LogP contribution is -2.14. The zero-order valence-electron chi connectivity index (χ0n) is 10.5. The Balaban J connectivity index is 1.93. The maximum atomic E-state index is 11.7. The third-order valence-corrected chi connectivity index (χ3v) is 3.69. The molecule has 1 amide bonds. The van der Waals surface area contributed by atoms with Crippen molar-refractivity contribution < 1.29 is 9.53 Å². The average molecular weight is 320 g/mol. The number of benzene rings is 2. The van der Waals surface area contributed by atoms with Gasteiger partial charge in [0, 0.05) is 4.47 Å². The molecular formula is C15H14BrNO2. The summed E-state index contributed by atoms with van der Waals surface area (Å²) in [6.45, 7) is 2.22. The predicted octanol–water partition coefficient (Wildman–Crippen LogP) is 4.51. The molecule has 4 heteroatoms. The molecule has 0 saturated carbocycles. The fraction of sp³-hybridized carbons (Fsp3) is 0.133. The van der Waals surface area contributed by atoms with Crippen molar-refractivity contribution in [3.63, 3.8) is 0 Å². The van der Waals surface area contributed by atoms with Crippen molar-refractivity contribution in [1.29, 1.82) is 0 Å². The Morgan fingerprint density at radius 3 is 2.63 bits per heavy atom. The van der Waals surface area contributed by atoms with Crippen LogP contribution in [-0.4, -0.2) is 6.09 Å². The van der Waals surface area contributed by atoms with Gasteiger partial charge in [-0.3, -0.25) is 5.32 Å². The van der Waals surface area contributed by atoms with Crippen LogP contribution in [0.15, 0.2) is 53.0 Å². The highest BCUT2D eigenvalue weighted by molar-refractivity contribution is 9.10. The van der Waals surface area contributed by atoms with Gasteiger partial charge < -0.3 is 4.74 Å². The second-order valence-electron chi connectivity index (χ2n) is 4.12. The summed E-state index contributed by atoms with van der Waals surface area (Å²) in [5, 5.41) is 2.71. The minimum absolute atomic E-state index is 0.260. The first-order valence-corrected chi connectivity index (χ1v) is 6.69. The van der Waals surface area contributed by atoms with E-state index in [4.69, 9.17) is 4.74 Å². The van der Waals surface area contributed by atoms with Gasteiger partial charge in [0.05, 0.1) is 5.69 Å². The van der Waals surface area contributed by atoms with Crippen LogP contribution in [0.4, 0.5) is 10.5 Å². The Morgan fingerprint density at radius 1 is 1.16 bits per heavy atom. The van der Waals surface area contributed by atoms with Crippen LogP contribution in [0.2, 0.25) is 0 Å². The van der Waals surface area contributed by atoms with Gasteiger partial charge in [-0.05, 0) is 40.0 Å². The minimum atomic E-state index is -0.463. The second kappa shape index (κ2) is 6.38. The molecule has 0 radical (unpaired) electrons. The molecule has 0 unspecified atom stereocenters. The van der Waals surface area contributed by atoms with E-state index in [1.807, 2.05) is 55.5 Å². The molecule has 1 N–H and O–H groups in total. The lowest BCUT2D eigenvalue weighted by molar-refractivity contribution is 0.155. The van der Waals surface area contributed by atoms with Gasteiger partial charge in [0.2, 0.25) is 0 Å². The Bertz CT molecular complexity index is 570. The van der Waals surface area contributed by atoms with Gasteiger partial charge in [-0.1, -0.05) is 42.5 Å². The summed E-state index contributed by atoms with van der Waals surface area (Å²) in [6, 6.07) is 15.2. The standard InChI is InChI=1S/C15H14BrNO2/c1-11-6-5-9-13(14(11)16)17-15(18)19-10-12-7-3-2-4-8-12/h2-9H,10H2,1H3,(H,17,18). The van der Waals surface area contributed by atoms with Crippen LogP contribution in [0, 0.1) is 6.92 Å². The van der Waals surface area contributed by atoms with E-state index in [2.05, 4.69) is 21.2 Å². The first-order chi connectivity index (χ1) is 9.16. The number of ether oxygens (including phenoxy) is 1. The molecule has 19 heavy (non-hydrogen) atoms. The fourth-order valence-electron chi connectivity index (χ4n) is 1.61. The van der Waals surface area contributed by atoms with Crippen LogP contribution >= 0.6 is 15.9 Å². The monoisotopic (exact) mass is 319 g/mol. The van der Waals surface area contributed by atoms with Crippen molar-refractivity contribution in [2.75, 3.05) is 5.32 Å². The summed E-state index contributed by atoms with van der Waals surface area (Å²) in [6.07, 6.45) is -0.463. The van der Waals surface area contributed by atoms with Gasteiger partial charge in [-0.15, -0.1) is 0 Å². The van der Waals surface area contributed by atoms with Gasteiger partial charge >= 0.3 is 6.09 Å². The van der Waals surface area contributed by atoms with Gasteiger partial charge in [0.25, 0.3) is 0 Å². The minimum Gasteiger partial charge on any atom is -0.444 e. The van der Waals surface area contributed by atoms with Crippen molar-refractivity contribution in [3.05, 3.63) is 64.1 Å². The number of amides is 1. The molecule has 3 nitrogen and oxygen atoms in total. The maximum Gasteiger partial charge on any atom is 0.411 e. The molecule has 0 bridgehead atoms. The molecule has 0 atom stereocenters. The number of anilines is 1. The largest absolute Gasteiger partial charge is 0.444 e. The molecule has 0 aliphatic heterocycles. The van der Waals surface area contributed by atoms with E-state index >= 15 is 0 Å². The molecule has 0 fully saturated rings. The van der Waals surface area contributed by atoms with E-state index in [0.29, 0.717) is 5.69 Å². The lowest BCUT2D eigenvalue weighted by Gasteiger charge is -2.09. The van der Waals surface area contributed by atoms with Gasteiger partial charge in [-0.2, -0.15) is 0 Å². The quantitative estimate of drug-likeness (QED) is 0.904. The maximum absolute atomic E-state index is 11.7. The smallest absolute Gasteiger partial charge is 0.411 e. The Kier molecular flexibility index (Phi) is 4.58. The Morgan fingerprint density at radius 2 is 1.89 bits per heavy atom. The van der Waals surface area contributed by atoms with Crippen molar-refractivity contribution in [2.24, 2.45) is 0 Å². The zero-order valence-corrected chi connectivity index (χ0v) is 12.1. The normalized spacial score (nSPS) is 10.0. The number of hydrogen-bond acceptors (Lipinski definition) is 2. The van der Waals surface area contributed by atoms with Crippen molar-refractivity contribution in [2.45, 2.75) is 13.5 Å². The van der Waals surface area contributed by atoms with E-state index in [9.17, 15) is 4.79 Å². The van der Waals surface area contributed by atoms with Crippen LogP contribution in [0.5, 0.6) is 0 Å². The van der Waals surface area contributed by atoms with E-state index < -0.39 is 6.09 Å². The second-order valence-corrected chi connectivity index (χ2v) is 4.92. The SMILES string of the molecule is Cc1cccc(NC(=O)OCc2ccccc2)c1Br. The van der Waals surface area contributed by atoms with Crippen molar-refractivity contribution >= 4 is 27.7 Å². The van der Waals surface area contributed by atoms with Gasteiger partial charge in [0.15, 0.2) is 0 Å². The molecule has 2 aromatic rings. The number of carbonyl (C=O) groups is 1. The van der Waals surface area contributed by atoms with Crippen LogP contribution in [0.1, 0.15) is 11.1 Å². The molecule has 0 heterocycles. The average Bonchev–Trinajstić information content (AvgIpc) is 2.43. The first-order valence-electron chi connectivity index (χ1n) is 5.89. The number of rotatable bonds is 3. The summed E-state index contributed by atoms with van der Waals surface area (Å²) in [4.78, 5) is 11.7. The summed E-state index contributed by atoms with van der Waals surface area (Å²) < 4.78 is 6.02. The number of halogens is 1. The zero-order chi connectivity index (χ0) is 13.7. The van der Waals surface area contributed by atoms with Crippen LogP contribution in [-0.2, 0) is 11.3 Å². The summed E-state index contributed by atoms with van der Waals surface area (Å²) >= 11 is 3.43. The highest BCUT2D eigenvalue weighted by atomic mass is 79.9. The highest BCUT2D eigenvalue weighted by Crippen LogP contribution is 2.25. The molecule has 0 saturated heterocycles. The summed E-state index contributed by atoms with van der Waals surface area (Å²) in [5.74, 6) is 0. The third-order valence-electron chi connectivity index (χ3n) is 2.64. The number of carbonyl (C=O) groups excluding carboxylic acids is 1. The molecule has 0 aliphatic carbocycles. The van der Waals surface area contributed by atoms with Gasteiger partial charge in [-0.25, -0.2) is 4.79 Å². The Hall–Kier alpha value is -1.81. The Labute approximate surface area is 120 Å². The summed E-state index contributed by atoms with van der Waals surface area (Å²) in [7, 11) is 0. The lowest BCUT2D eigenvalue weighted by atomic mass is 10.2. The topological polar surface area (TPSA) is 38.3 Å². The van der Waals surface area contributed by atoms with E-state index in [1.165, 1.54) is 0 Å². The highest BCUT2D eigenvalue weighted by Gasteiger charge is 2.07. The van der Waals surface area contributed by atoms with Crippen molar-refractivity contribution in [3.8, 4) is 0 Å². The third kappa shape index (κ3) is 3.83.